The van der Waals surface area contributed by atoms with Gasteiger partial charge in [0.25, 0.3) is 0 Å². The van der Waals surface area contributed by atoms with Crippen LogP contribution in [-0.2, 0) is 19.7 Å². The first-order valence-electron chi connectivity index (χ1n) is 7.69. The van der Waals surface area contributed by atoms with E-state index in [0.717, 1.165) is 6.42 Å². The molecule has 0 radical (unpaired) electrons. The van der Waals surface area contributed by atoms with Crippen LogP contribution in [0.5, 0.6) is 0 Å². The maximum atomic E-state index is 5.22. The maximum Gasteiger partial charge on any atom is 0.484 e. The van der Waals surface area contributed by atoms with E-state index in [1.54, 1.807) is 0 Å². The average molecular weight is 311 g/mol. The third-order valence-corrected chi connectivity index (χ3v) is 4.53. The van der Waals surface area contributed by atoms with Crippen molar-refractivity contribution >= 4 is 9.53 Å². The maximum absolute atomic E-state index is 5.22. The summed E-state index contributed by atoms with van der Waals surface area (Å²) in [7, 11) is -1.73. The molecule has 1 aromatic carbocycles. The quantitative estimate of drug-likeness (QED) is 0.512. The summed E-state index contributed by atoms with van der Waals surface area (Å²) in [6.07, 6.45) is 3.09. The Morgan fingerprint density at radius 3 is 1.86 bits per heavy atom. The minimum absolute atomic E-state index is 0.581. The molecule has 1 unspecified atom stereocenters. The molecule has 3 nitrogen and oxygen atoms in total. The normalized spacial score (nSPS) is 11.7. The SMILES string of the molecule is C=CC(C)Cc1ccccc1.CCO[SiH](OCC)OCC. The molecule has 0 aliphatic rings. The summed E-state index contributed by atoms with van der Waals surface area (Å²) < 4.78 is 15.7. The molecule has 1 aromatic rings. The summed E-state index contributed by atoms with van der Waals surface area (Å²) in [5, 5.41) is 0. The van der Waals surface area contributed by atoms with Crippen LogP contribution in [0.1, 0.15) is 33.3 Å². The number of hydrogen-bond acceptors (Lipinski definition) is 3. The van der Waals surface area contributed by atoms with Crippen LogP contribution in [0.4, 0.5) is 0 Å². The summed E-state index contributed by atoms with van der Waals surface area (Å²) in [5.74, 6) is 0.581. The Bertz CT molecular complexity index is 329. The van der Waals surface area contributed by atoms with Crippen molar-refractivity contribution in [3.63, 3.8) is 0 Å². The zero-order valence-electron chi connectivity index (χ0n) is 13.9. The first-order valence-corrected chi connectivity index (χ1v) is 9.10. The van der Waals surface area contributed by atoms with Gasteiger partial charge in [-0.25, -0.2) is 0 Å². The summed E-state index contributed by atoms with van der Waals surface area (Å²) in [5.41, 5.74) is 1.39. The standard InChI is InChI=1S/C11H14.C6H16O3Si/c1-3-10(2)9-11-7-5-4-6-8-11;1-4-7-10(8-5-2)9-6-3/h3-8,10H,1,9H2,2H3;10H,4-6H2,1-3H3. The molecule has 0 heterocycles. The lowest BCUT2D eigenvalue weighted by atomic mass is 10.0. The van der Waals surface area contributed by atoms with E-state index < -0.39 is 9.53 Å². The summed E-state index contributed by atoms with van der Waals surface area (Å²) in [4.78, 5) is 0. The third kappa shape index (κ3) is 11.4. The van der Waals surface area contributed by atoms with E-state index in [1.165, 1.54) is 5.56 Å². The molecule has 0 saturated carbocycles. The van der Waals surface area contributed by atoms with E-state index in [4.69, 9.17) is 13.3 Å². The highest BCUT2D eigenvalue weighted by Gasteiger charge is 2.11. The molecule has 0 N–H and O–H groups in total. The van der Waals surface area contributed by atoms with Gasteiger partial charge in [-0.2, -0.15) is 0 Å². The summed E-state index contributed by atoms with van der Waals surface area (Å²) in [6.45, 7) is 13.8. The van der Waals surface area contributed by atoms with Crippen molar-refractivity contribution < 1.29 is 13.3 Å². The van der Waals surface area contributed by atoms with Crippen molar-refractivity contribution in [1.29, 1.82) is 0 Å². The zero-order chi connectivity index (χ0) is 15.9. The first-order chi connectivity index (χ1) is 10.2. The molecule has 21 heavy (non-hydrogen) atoms. The molecule has 0 aliphatic heterocycles. The van der Waals surface area contributed by atoms with Crippen molar-refractivity contribution in [2.75, 3.05) is 19.8 Å². The minimum atomic E-state index is -1.73. The Morgan fingerprint density at radius 1 is 1.00 bits per heavy atom. The van der Waals surface area contributed by atoms with Gasteiger partial charge in [-0.05, 0) is 38.7 Å². The molecule has 1 rings (SSSR count). The van der Waals surface area contributed by atoms with Crippen molar-refractivity contribution in [1.82, 2.24) is 0 Å². The Kier molecular flexibility index (Phi) is 13.4. The van der Waals surface area contributed by atoms with Gasteiger partial charge in [0.05, 0.1) is 0 Å². The smallest absolute Gasteiger partial charge is 0.376 e. The van der Waals surface area contributed by atoms with Crippen LogP contribution in [0.15, 0.2) is 43.0 Å². The second-order valence-corrected chi connectivity index (χ2v) is 6.13. The Balaban J connectivity index is 0.000000384. The van der Waals surface area contributed by atoms with Crippen LogP contribution in [0, 0.1) is 5.92 Å². The fraction of sp³-hybridized carbons (Fsp3) is 0.529. The van der Waals surface area contributed by atoms with Crippen molar-refractivity contribution in [3.05, 3.63) is 48.6 Å². The van der Waals surface area contributed by atoms with Crippen LogP contribution < -0.4 is 0 Å². The van der Waals surface area contributed by atoms with Crippen LogP contribution in [0.3, 0.4) is 0 Å². The van der Waals surface area contributed by atoms with Gasteiger partial charge in [-0.15, -0.1) is 6.58 Å². The lowest BCUT2D eigenvalue weighted by Gasteiger charge is -2.12. The highest BCUT2D eigenvalue weighted by Crippen LogP contribution is 2.07. The van der Waals surface area contributed by atoms with Gasteiger partial charge in [0, 0.05) is 19.8 Å². The second kappa shape index (κ2) is 14.0. The molecule has 0 aliphatic carbocycles. The molecule has 0 amide bonds. The van der Waals surface area contributed by atoms with Crippen LogP contribution in [0.25, 0.3) is 0 Å². The van der Waals surface area contributed by atoms with Crippen LogP contribution in [0.2, 0.25) is 0 Å². The average Bonchev–Trinajstić information content (AvgIpc) is 2.50. The highest BCUT2D eigenvalue weighted by molar-refractivity contribution is 6.36. The lowest BCUT2D eigenvalue weighted by Crippen LogP contribution is -2.27. The van der Waals surface area contributed by atoms with Crippen molar-refractivity contribution in [2.45, 2.75) is 34.1 Å². The van der Waals surface area contributed by atoms with Gasteiger partial charge >= 0.3 is 9.53 Å². The zero-order valence-corrected chi connectivity index (χ0v) is 15.0. The highest BCUT2D eigenvalue weighted by atomic mass is 28.3. The van der Waals surface area contributed by atoms with E-state index in [0.29, 0.717) is 25.7 Å². The number of benzene rings is 1. The monoisotopic (exact) mass is 310 g/mol. The van der Waals surface area contributed by atoms with Gasteiger partial charge in [0.1, 0.15) is 0 Å². The van der Waals surface area contributed by atoms with E-state index in [9.17, 15) is 0 Å². The second-order valence-electron chi connectivity index (χ2n) is 4.56. The van der Waals surface area contributed by atoms with Crippen molar-refractivity contribution in [3.8, 4) is 0 Å². The molecule has 0 bridgehead atoms. The molecular formula is C17H30O3Si. The number of allylic oxidation sites excluding steroid dienone is 1. The Hall–Kier alpha value is -0.943. The number of rotatable bonds is 9. The van der Waals surface area contributed by atoms with Gasteiger partial charge in [-0.1, -0.05) is 43.3 Å². The number of hydrogen-bond donors (Lipinski definition) is 0. The minimum Gasteiger partial charge on any atom is -0.376 e. The Labute approximate surface area is 131 Å². The van der Waals surface area contributed by atoms with Crippen LogP contribution in [-0.4, -0.2) is 29.3 Å². The molecule has 120 valence electrons. The fourth-order valence-electron chi connectivity index (χ4n) is 1.62. The summed E-state index contributed by atoms with van der Waals surface area (Å²) in [6, 6.07) is 10.5. The molecule has 0 fully saturated rings. The van der Waals surface area contributed by atoms with Gasteiger partial charge in [0.15, 0.2) is 0 Å². The van der Waals surface area contributed by atoms with E-state index in [1.807, 2.05) is 32.9 Å². The molecule has 1 atom stereocenters. The van der Waals surface area contributed by atoms with Gasteiger partial charge < -0.3 is 13.3 Å². The molecule has 0 saturated heterocycles. The van der Waals surface area contributed by atoms with E-state index >= 15 is 0 Å². The fourth-order valence-corrected chi connectivity index (χ4v) is 2.73. The third-order valence-electron chi connectivity index (χ3n) is 2.71. The largest absolute Gasteiger partial charge is 0.484 e. The molecule has 4 heteroatoms. The Morgan fingerprint density at radius 2 is 1.48 bits per heavy atom. The predicted octanol–water partition coefficient (Wildman–Crippen LogP) is 3.86. The lowest BCUT2D eigenvalue weighted by molar-refractivity contribution is 0.107. The van der Waals surface area contributed by atoms with E-state index in [2.05, 4.69) is 37.8 Å². The molecule has 0 aromatic heterocycles. The van der Waals surface area contributed by atoms with Gasteiger partial charge in [0.2, 0.25) is 0 Å². The predicted molar refractivity (Wildman–Crippen MR) is 91.5 cm³/mol. The topological polar surface area (TPSA) is 27.7 Å². The van der Waals surface area contributed by atoms with E-state index in [-0.39, 0.29) is 0 Å². The molecular weight excluding hydrogens is 280 g/mol. The van der Waals surface area contributed by atoms with Crippen molar-refractivity contribution in [2.24, 2.45) is 5.92 Å². The van der Waals surface area contributed by atoms with Crippen LogP contribution >= 0.6 is 0 Å². The van der Waals surface area contributed by atoms with Gasteiger partial charge in [-0.3, -0.25) is 0 Å². The first kappa shape index (κ1) is 20.1. The molecule has 0 spiro atoms. The summed E-state index contributed by atoms with van der Waals surface area (Å²) >= 11 is 0.